The molecule has 0 amide bonds. The number of hydrogen-bond donors (Lipinski definition) is 1. The van der Waals surface area contributed by atoms with Gasteiger partial charge in [0, 0.05) is 12.1 Å². The molecule has 0 aliphatic heterocycles. The maximum atomic E-state index is 10.8. The van der Waals surface area contributed by atoms with E-state index in [4.69, 9.17) is 26.2 Å². The Labute approximate surface area is 119 Å². The van der Waals surface area contributed by atoms with Gasteiger partial charge in [-0.3, -0.25) is 4.79 Å². The molecular weight excluding hydrogens is 286 g/mol. The molecule has 2 rings (SSSR count). The third kappa shape index (κ3) is 2.67. The Balaban J connectivity index is 2.56. The van der Waals surface area contributed by atoms with Gasteiger partial charge in [-0.25, -0.2) is 4.68 Å². The van der Waals surface area contributed by atoms with Gasteiger partial charge in [0.1, 0.15) is 17.2 Å². The lowest BCUT2D eigenvalue weighted by atomic mass is 10.2. The van der Waals surface area contributed by atoms with Gasteiger partial charge in [-0.1, -0.05) is 16.8 Å². The lowest BCUT2D eigenvalue weighted by Crippen LogP contribution is -2.09. The molecule has 0 saturated heterocycles. The zero-order valence-electron chi connectivity index (χ0n) is 10.8. The van der Waals surface area contributed by atoms with Gasteiger partial charge in [0.15, 0.2) is 0 Å². The first-order chi connectivity index (χ1) is 9.56. The molecule has 1 aromatic heterocycles. The summed E-state index contributed by atoms with van der Waals surface area (Å²) in [6, 6.07) is 3.18. The van der Waals surface area contributed by atoms with Crippen LogP contribution in [0.2, 0.25) is 5.02 Å². The number of aromatic nitrogens is 3. The second-order valence-corrected chi connectivity index (χ2v) is 4.27. The Kier molecular flexibility index (Phi) is 4.09. The fourth-order valence-electron chi connectivity index (χ4n) is 1.74. The van der Waals surface area contributed by atoms with E-state index >= 15 is 0 Å². The first kappa shape index (κ1) is 14.1. The summed E-state index contributed by atoms with van der Waals surface area (Å²) >= 11 is 6.02. The highest BCUT2D eigenvalue weighted by Crippen LogP contribution is 2.34. The molecule has 7 nitrogen and oxygen atoms in total. The largest absolute Gasteiger partial charge is 0.495 e. The molecule has 1 aromatic carbocycles. The molecule has 20 heavy (non-hydrogen) atoms. The first-order valence-electron chi connectivity index (χ1n) is 5.60. The number of rotatable bonds is 5. The third-order valence-corrected chi connectivity index (χ3v) is 2.93. The van der Waals surface area contributed by atoms with Crippen LogP contribution in [0.25, 0.3) is 5.69 Å². The first-order valence-corrected chi connectivity index (χ1v) is 5.98. The van der Waals surface area contributed by atoms with Gasteiger partial charge < -0.3 is 14.6 Å². The monoisotopic (exact) mass is 297 g/mol. The fraction of sp³-hybridized carbons (Fsp3) is 0.250. The number of halogens is 1. The van der Waals surface area contributed by atoms with Gasteiger partial charge in [0.05, 0.1) is 37.6 Å². The van der Waals surface area contributed by atoms with Crippen LogP contribution >= 0.6 is 11.6 Å². The number of hydrogen-bond acceptors (Lipinski definition) is 5. The molecule has 0 unspecified atom stereocenters. The number of carboxylic acids is 1. The van der Waals surface area contributed by atoms with Gasteiger partial charge >= 0.3 is 5.97 Å². The number of ether oxygens (including phenoxy) is 2. The van der Waals surface area contributed by atoms with Crippen LogP contribution in [0.1, 0.15) is 5.69 Å². The minimum Gasteiger partial charge on any atom is -0.495 e. The predicted octanol–water partition coefficient (Wildman–Crippen LogP) is 1.56. The van der Waals surface area contributed by atoms with Crippen LogP contribution in [0.4, 0.5) is 0 Å². The second kappa shape index (κ2) is 5.79. The summed E-state index contributed by atoms with van der Waals surface area (Å²) in [6.45, 7) is 0. The number of nitrogens with zero attached hydrogens (tertiary/aromatic N) is 3. The lowest BCUT2D eigenvalue weighted by Gasteiger charge is -2.13. The molecule has 2 aromatic rings. The molecule has 0 spiro atoms. The van der Waals surface area contributed by atoms with Crippen LogP contribution in [-0.2, 0) is 11.2 Å². The number of methoxy groups -OCH3 is 2. The normalized spacial score (nSPS) is 10.3. The Hall–Kier alpha value is -2.28. The predicted molar refractivity (Wildman–Crippen MR) is 70.8 cm³/mol. The van der Waals surface area contributed by atoms with E-state index in [9.17, 15) is 4.79 Å². The van der Waals surface area contributed by atoms with E-state index in [0.717, 1.165) is 0 Å². The molecule has 0 atom stereocenters. The van der Waals surface area contributed by atoms with Crippen LogP contribution in [0.5, 0.6) is 11.5 Å². The summed E-state index contributed by atoms with van der Waals surface area (Å²) < 4.78 is 11.8. The van der Waals surface area contributed by atoms with E-state index < -0.39 is 5.97 Å². The number of carbonyl (C=O) groups is 1. The van der Waals surface area contributed by atoms with E-state index in [1.54, 1.807) is 12.1 Å². The van der Waals surface area contributed by atoms with Crippen LogP contribution in [0.15, 0.2) is 18.3 Å². The van der Waals surface area contributed by atoms with E-state index in [1.165, 1.54) is 25.1 Å². The molecule has 106 valence electrons. The standard InChI is InChI=1S/C12H12ClN3O4/c1-19-10-5-9(11(20-2)4-8(10)13)16-7(3-12(17)18)6-14-15-16/h4-6H,3H2,1-2H3,(H,17,18). The van der Waals surface area contributed by atoms with Gasteiger partial charge in [0.2, 0.25) is 0 Å². The smallest absolute Gasteiger partial charge is 0.309 e. The van der Waals surface area contributed by atoms with Crippen LogP contribution < -0.4 is 9.47 Å². The fourth-order valence-corrected chi connectivity index (χ4v) is 1.98. The lowest BCUT2D eigenvalue weighted by molar-refractivity contribution is -0.136. The maximum Gasteiger partial charge on any atom is 0.309 e. The second-order valence-electron chi connectivity index (χ2n) is 3.87. The average Bonchev–Trinajstić information content (AvgIpc) is 2.85. The SMILES string of the molecule is COc1cc(-n2nncc2CC(=O)O)c(OC)cc1Cl. The highest BCUT2D eigenvalue weighted by molar-refractivity contribution is 6.32. The Morgan fingerprint density at radius 1 is 1.35 bits per heavy atom. The molecule has 0 saturated carbocycles. The highest BCUT2D eigenvalue weighted by Gasteiger charge is 2.16. The third-order valence-electron chi connectivity index (χ3n) is 2.63. The van der Waals surface area contributed by atoms with Crippen LogP contribution in [0.3, 0.4) is 0 Å². The van der Waals surface area contributed by atoms with Crippen molar-refractivity contribution in [3.8, 4) is 17.2 Å². The van der Waals surface area contributed by atoms with Crippen LogP contribution in [-0.4, -0.2) is 40.3 Å². The van der Waals surface area contributed by atoms with Crippen molar-refractivity contribution in [3.63, 3.8) is 0 Å². The average molecular weight is 298 g/mol. The van der Waals surface area contributed by atoms with Gasteiger partial charge in [0.25, 0.3) is 0 Å². The zero-order chi connectivity index (χ0) is 14.7. The molecule has 8 heteroatoms. The van der Waals surface area contributed by atoms with Gasteiger partial charge in [-0.15, -0.1) is 5.10 Å². The molecular formula is C12H12ClN3O4. The molecule has 1 N–H and O–H groups in total. The summed E-state index contributed by atoms with van der Waals surface area (Å²) in [7, 11) is 2.96. The highest BCUT2D eigenvalue weighted by atomic mass is 35.5. The molecule has 0 fully saturated rings. The van der Waals surface area contributed by atoms with Crippen molar-refractivity contribution in [2.45, 2.75) is 6.42 Å². The van der Waals surface area contributed by atoms with E-state index in [-0.39, 0.29) is 6.42 Å². The van der Waals surface area contributed by atoms with Crippen molar-refractivity contribution in [1.29, 1.82) is 0 Å². The number of benzene rings is 1. The topological polar surface area (TPSA) is 86.5 Å². The van der Waals surface area contributed by atoms with Gasteiger partial charge in [-0.2, -0.15) is 0 Å². The minimum atomic E-state index is -0.978. The Morgan fingerprint density at radius 2 is 2.05 bits per heavy atom. The Bertz CT molecular complexity index is 642. The molecule has 0 bridgehead atoms. The van der Waals surface area contributed by atoms with Crippen molar-refractivity contribution in [3.05, 3.63) is 29.0 Å². The summed E-state index contributed by atoms with van der Waals surface area (Å²) in [5.74, 6) is -0.111. The number of carboxylic acid groups (broad SMARTS) is 1. The molecule has 0 radical (unpaired) electrons. The van der Waals surface area contributed by atoms with Crippen molar-refractivity contribution >= 4 is 17.6 Å². The van der Waals surface area contributed by atoms with Crippen molar-refractivity contribution in [2.24, 2.45) is 0 Å². The van der Waals surface area contributed by atoms with Crippen molar-refractivity contribution in [1.82, 2.24) is 15.0 Å². The maximum absolute atomic E-state index is 10.8. The summed E-state index contributed by atoms with van der Waals surface area (Å²) in [5.41, 5.74) is 0.919. The van der Waals surface area contributed by atoms with Crippen molar-refractivity contribution < 1.29 is 19.4 Å². The molecule has 0 aliphatic carbocycles. The van der Waals surface area contributed by atoms with E-state index in [1.807, 2.05) is 0 Å². The van der Waals surface area contributed by atoms with E-state index in [2.05, 4.69) is 10.3 Å². The quantitative estimate of drug-likeness (QED) is 0.901. The van der Waals surface area contributed by atoms with Gasteiger partial charge in [-0.05, 0) is 0 Å². The molecule has 1 heterocycles. The van der Waals surface area contributed by atoms with E-state index in [0.29, 0.717) is 27.9 Å². The Morgan fingerprint density at radius 3 is 2.65 bits per heavy atom. The summed E-state index contributed by atoms with van der Waals surface area (Å²) in [4.78, 5) is 10.8. The van der Waals surface area contributed by atoms with Crippen molar-refractivity contribution in [2.75, 3.05) is 14.2 Å². The summed E-state index contributed by atoms with van der Waals surface area (Å²) in [5, 5.41) is 16.9. The van der Waals surface area contributed by atoms with Crippen LogP contribution in [0, 0.1) is 0 Å². The molecule has 0 aliphatic rings. The number of aliphatic carboxylic acids is 1. The summed E-state index contributed by atoms with van der Waals surface area (Å²) in [6.07, 6.45) is 1.18. The minimum absolute atomic E-state index is 0.207. The zero-order valence-corrected chi connectivity index (χ0v) is 11.6.